The molecule has 0 unspecified atom stereocenters. The second kappa shape index (κ2) is 4.29. The van der Waals surface area contributed by atoms with Crippen LogP contribution in [0.2, 0.25) is 0 Å². The molecular weight excluding hydrogens is 210 g/mol. The van der Waals surface area contributed by atoms with Gasteiger partial charge in [-0.25, -0.2) is 4.99 Å². The Balaban J connectivity index is 1.66. The molecule has 0 saturated heterocycles. The number of aliphatic imine (C=N–C) groups is 1. The zero-order chi connectivity index (χ0) is 11.5. The Morgan fingerprint density at radius 1 is 0.824 bits per heavy atom. The number of hydrogen-bond donors (Lipinski definition) is 2. The summed E-state index contributed by atoms with van der Waals surface area (Å²) in [6, 6.07) is 18.2. The van der Waals surface area contributed by atoms with Crippen LogP contribution in [-0.4, -0.2) is 5.84 Å². The average molecular weight is 223 g/mol. The highest BCUT2D eigenvalue weighted by atomic mass is 15.4. The molecule has 0 aromatic heterocycles. The van der Waals surface area contributed by atoms with E-state index in [0.29, 0.717) is 0 Å². The average Bonchev–Trinajstić information content (AvgIpc) is 2.80. The molecule has 3 heteroatoms. The highest BCUT2D eigenvalue weighted by molar-refractivity contribution is 5.92. The van der Waals surface area contributed by atoms with Gasteiger partial charge in [0, 0.05) is 6.42 Å². The summed E-state index contributed by atoms with van der Waals surface area (Å²) in [6.45, 7) is 0. The van der Waals surface area contributed by atoms with Crippen LogP contribution in [0.4, 0.5) is 11.4 Å². The largest absolute Gasteiger partial charge is 0.300 e. The molecular formula is C14H13N3. The van der Waals surface area contributed by atoms with Gasteiger partial charge in [-0.05, 0) is 23.8 Å². The summed E-state index contributed by atoms with van der Waals surface area (Å²) in [5.74, 6) is 0.954. The number of para-hydroxylation sites is 2. The lowest BCUT2D eigenvalue weighted by Crippen LogP contribution is -2.29. The Morgan fingerprint density at radius 2 is 1.59 bits per heavy atom. The molecule has 1 aliphatic rings. The molecule has 3 nitrogen and oxygen atoms in total. The number of fused-ring (bicyclic) bond motifs is 1. The first kappa shape index (κ1) is 9.90. The summed E-state index contributed by atoms with van der Waals surface area (Å²) >= 11 is 0. The van der Waals surface area contributed by atoms with Crippen LogP contribution in [0, 0.1) is 0 Å². The molecule has 0 atom stereocenters. The number of benzene rings is 2. The monoisotopic (exact) mass is 223 g/mol. The lowest BCUT2D eigenvalue weighted by Gasteiger charge is -2.08. The van der Waals surface area contributed by atoms with E-state index < -0.39 is 0 Å². The van der Waals surface area contributed by atoms with Gasteiger partial charge in [-0.3, -0.25) is 10.9 Å². The minimum absolute atomic E-state index is 0.857. The second-order valence-corrected chi connectivity index (χ2v) is 3.98. The van der Waals surface area contributed by atoms with E-state index in [1.165, 1.54) is 5.56 Å². The van der Waals surface area contributed by atoms with Crippen molar-refractivity contribution >= 4 is 17.2 Å². The first-order valence-electron chi connectivity index (χ1n) is 5.64. The summed E-state index contributed by atoms with van der Waals surface area (Å²) in [6.07, 6.45) is 0.857. The summed E-state index contributed by atoms with van der Waals surface area (Å²) in [4.78, 5) is 4.51. The number of hydrazine groups is 1. The third kappa shape index (κ3) is 2.13. The van der Waals surface area contributed by atoms with Gasteiger partial charge >= 0.3 is 0 Å². The Kier molecular flexibility index (Phi) is 2.50. The molecule has 3 rings (SSSR count). The van der Waals surface area contributed by atoms with Crippen molar-refractivity contribution < 1.29 is 0 Å². The van der Waals surface area contributed by atoms with Gasteiger partial charge < -0.3 is 0 Å². The van der Waals surface area contributed by atoms with E-state index in [9.17, 15) is 0 Å². The van der Waals surface area contributed by atoms with Gasteiger partial charge in [0.25, 0.3) is 0 Å². The van der Waals surface area contributed by atoms with Crippen LogP contribution in [-0.2, 0) is 6.42 Å². The standard InChI is InChI=1S/C14H13N3/c1-2-7-12(8-3-1)16-17-14-10-11-6-4-5-9-13(11)15-14/h1-9,16H,10H2,(H,15,17). The van der Waals surface area contributed by atoms with Gasteiger partial charge in [0.1, 0.15) is 5.84 Å². The van der Waals surface area contributed by atoms with E-state index in [1.54, 1.807) is 0 Å². The van der Waals surface area contributed by atoms with Gasteiger partial charge in [-0.15, -0.1) is 0 Å². The lowest BCUT2D eigenvalue weighted by atomic mass is 10.1. The molecule has 0 spiro atoms. The lowest BCUT2D eigenvalue weighted by molar-refractivity contribution is 1.09. The number of anilines is 1. The van der Waals surface area contributed by atoms with Crippen molar-refractivity contribution in [1.29, 1.82) is 0 Å². The molecule has 2 N–H and O–H groups in total. The number of nitrogens with zero attached hydrogens (tertiary/aromatic N) is 1. The van der Waals surface area contributed by atoms with Crippen LogP contribution in [0.3, 0.4) is 0 Å². The van der Waals surface area contributed by atoms with Crippen molar-refractivity contribution in [3.05, 3.63) is 60.2 Å². The van der Waals surface area contributed by atoms with Crippen molar-refractivity contribution in [3.8, 4) is 0 Å². The van der Waals surface area contributed by atoms with Gasteiger partial charge in [0.2, 0.25) is 0 Å². The zero-order valence-electron chi connectivity index (χ0n) is 9.35. The Hall–Kier alpha value is -2.29. The maximum atomic E-state index is 4.51. The molecule has 0 radical (unpaired) electrons. The first-order valence-corrected chi connectivity index (χ1v) is 5.64. The summed E-state index contributed by atoms with van der Waals surface area (Å²) in [5.41, 5.74) is 9.65. The summed E-state index contributed by atoms with van der Waals surface area (Å²) in [7, 11) is 0. The Morgan fingerprint density at radius 3 is 2.41 bits per heavy atom. The molecule has 0 saturated carbocycles. The van der Waals surface area contributed by atoms with Gasteiger partial charge in [0.15, 0.2) is 0 Å². The van der Waals surface area contributed by atoms with Crippen LogP contribution < -0.4 is 10.9 Å². The normalized spacial score (nSPS) is 12.8. The molecule has 1 aliphatic heterocycles. The summed E-state index contributed by atoms with van der Waals surface area (Å²) < 4.78 is 0. The minimum atomic E-state index is 0.857. The third-order valence-electron chi connectivity index (χ3n) is 2.73. The minimum Gasteiger partial charge on any atom is -0.300 e. The van der Waals surface area contributed by atoms with Gasteiger partial charge in [-0.1, -0.05) is 36.4 Å². The fraction of sp³-hybridized carbons (Fsp3) is 0.0714. The number of hydrogen-bond acceptors (Lipinski definition) is 3. The van der Waals surface area contributed by atoms with E-state index in [2.05, 4.69) is 21.9 Å². The SMILES string of the molecule is c1ccc(NNC2=Nc3ccccc3C2)cc1. The Labute approximate surface area is 100 Å². The predicted octanol–water partition coefficient (Wildman–Crippen LogP) is 2.89. The molecule has 2 aromatic carbocycles. The molecule has 17 heavy (non-hydrogen) atoms. The Bertz CT molecular complexity index is 546. The molecule has 2 aromatic rings. The maximum absolute atomic E-state index is 4.51. The van der Waals surface area contributed by atoms with Crippen LogP contribution in [0.25, 0.3) is 0 Å². The van der Waals surface area contributed by atoms with Crippen LogP contribution in [0.1, 0.15) is 5.56 Å². The van der Waals surface area contributed by atoms with E-state index in [0.717, 1.165) is 23.6 Å². The highest BCUT2D eigenvalue weighted by Gasteiger charge is 2.12. The molecule has 0 amide bonds. The predicted molar refractivity (Wildman–Crippen MR) is 70.4 cm³/mol. The van der Waals surface area contributed by atoms with Crippen molar-refractivity contribution in [2.45, 2.75) is 6.42 Å². The number of nitrogens with one attached hydrogen (secondary N) is 2. The molecule has 0 bridgehead atoms. The fourth-order valence-corrected chi connectivity index (χ4v) is 1.87. The van der Waals surface area contributed by atoms with Crippen LogP contribution in [0.5, 0.6) is 0 Å². The van der Waals surface area contributed by atoms with E-state index in [4.69, 9.17) is 0 Å². The first-order chi connectivity index (χ1) is 8.42. The van der Waals surface area contributed by atoms with Crippen LogP contribution in [0.15, 0.2) is 59.6 Å². The number of amidine groups is 1. The highest BCUT2D eigenvalue weighted by Crippen LogP contribution is 2.24. The zero-order valence-corrected chi connectivity index (χ0v) is 9.35. The maximum Gasteiger partial charge on any atom is 0.125 e. The quantitative estimate of drug-likeness (QED) is 0.768. The van der Waals surface area contributed by atoms with Gasteiger partial charge in [0.05, 0.1) is 11.4 Å². The number of rotatable bonds is 2. The third-order valence-corrected chi connectivity index (χ3v) is 2.73. The summed E-state index contributed by atoms with van der Waals surface area (Å²) in [5, 5.41) is 0. The van der Waals surface area contributed by atoms with E-state index in [-0.39, 0.29) is 0 Å². The smallest absolute Gasteiger partial charge is 0.125 e. The molecule has 0 aliphatic carbocycles. The van der Waals surface area contributed by atoms with Gasteiger partial charge in [-0.2, -0.15) is 0 Å². The topological polar surface area (TPSA) is 36.4 Å². The van der Waals surface area contributed by atoms with Crippen molar-refractivity contribution in [2.24, 2.45) is 4.99 Å². The van der Waals surface area contributed by atoms with Crippen molar-refractivity contribution in [3.63, 3.8) is 0 Å². The van der Waals surface area contributed by atoms with E-state index >= 15 is 0 Å². The van der Waals surface area contributed by atoms with E-state index in [1.807, 2.05) is 48.5 Å². The fourth-order valence-electron chi connectivity index (χ4n) is 1.87. The molecule has 1 heterocycles. The second-order valence-electron chi connectivity index (χ2n) is 3.98. The van der Waals surface area contributed by atoms with Crippen molar-refractivity contribution in [1.82, 2.24) is 5.43 Å². The molecule has 0 fully saturated rings. The van der Waals surface area contributed by atoms with Crippen LogP contribution >= 0.6 is 0 Å². The van der Waals surface area contributed by atoms with Crippen molar-refractivity contribution in [2.75, 3.05) is 5.43 Å². The molecule has 84 valence electrons.